The number of methoxy groups -OCH3 is 1. The second-order valence-corrected chi connectivity index (χ2v) is 8.38. The van der Waals surface area contributed by atoms with E-state index in [-0.39, 0.29) is 5.91 Å². The lowest BCUT2D eigenvalue weighted by Crippen LogP contribution is -2.55. The Balaban J connectivity index is 1.72. The van der Waals surface area contributed by atoms with Crippen molar-refractivity contribution in [3.8, 4) is 5.75 Å². The van der Waals surface area contributed by atoms with Gasteiger partial charge in [0.25, 0.3) is 5.91 Å². The van der Waals surface area contributed by atoms with Crippen LogP contribution in [0, 0.1) is 5.92 Å². The number of para-hydroxylation sites is 1. The topological polar surface area (TPSA) is 46.5 Å². The molecule has 1 saturated carbocycles. The SMILES string of the molecule is COc1cccc2c(C(=O)N3CC(C)NC(C)C3)cn(CC3CCCC3)c12. The molecule has 146 valence electrons. The number of amides is 1. The van der Waals surface area contributed by atoms with Crippen molar-refractivity contribution in [3.63, 3.8) is 0 Å². The lowest BCUT2D eigenvalue weighted by Gasteiger charge is -2.36. The molecule has 1 aromatic heterocycles. The van der Waals surface area contributed by atoms with Crippen LogP contribution in [0.5, 0.6) is 5.75 Å². The van der Waals surface area contributed by atoms with Crippen LogP contribution in [0.3, 0.4) is 0 Å². The highest BCUT2D eigenvalue weighted by Crippen LogP contribution is 2.34. The smallest absolute Gasteiger partial charge is 0.256 e. The minimum atomic E-state index is 0.138. The van der Waals surface area contributed by atoms with E-state index in [4.69, 9.17) is 4.74 Å². The molecule has 0 bridgehead atoms. The quantitative estimate of drug-likeness (QED) is 0.895. The molecule has 2 unspecified atom stereocenters. The number of nitrogens with one attached hydrogen (secondary N) is 1. The molecule has 2 aromatic rings. The summed E-state index contributed by atoms with van der Waals surface area (Å²) >= 11 is 0. The molecule has 0 radical (unpaired) electrons. The number of ether oxygens (including phenoxy) is 1. The van der Waals surface area contributed by atoms with Crippen molar-refractivity contribution < 1.29 is 9.53 Å². The molecule has 2 heterocycles. The normalized spacial score (nSPS) is 23.9. The van der Waals surface area contributed by atoms with Gasteiger partial charge in [0.1, 0.15) is 5.75 Å². The zero-order valence-corrected chi connectivity index (χ0v) is 16.7. The van der Waals surface area contributed by atoms with Gasteiger partial charge in [-0.05, 0) is 38.7 Å². The second kappa shape index (κ2) is 7.55. The summed E-state index contributed by atoms with van der Waals surface area (Å²) in [7, 11) is 1.71. The summed E-state index contributed by atoms with van der Waals surface area (Å²) in [4.78, 5) is 15.4. The van der Waals surface area contributed by atoms with Crippen LogP contribution in [-0.4, -0.2) is 47.7 Å². The third-order valence-electron chi connectivity index (χ3n) is 6.09. The van der Waals surface area contributed by atoms with Gasteiger partial charge in [0.15, 0.2) is 0 Å². The number of benzene rings is 1. The predicted octanol–water partition coefficient (Wildman–Crippen LogP) is 3.66. The van der Waals surface area contributed by atoms with Gasteiger partial charge >= 0.3 is 0 Å². The standard InChI is InChI=1S/C22H31N3O2/c1-15-11-25(12-16(2)23-15)22(26)19-14-24(13-17-7-4-5-8-17)21-18(19)9-6-10-20(21)27-3/h6,9-10,14-17,23H,4-5,7-8,11-13H2,1-3H3. The number of hydrogen-bond acceptors (Lipinski definition) is 3. The minimum absolute atomic E-state index is 0.138. The van der Waals surface area contributed by atoms with Gasteiger partial charge < -0.3 is 19.5 Å². The molecule has 4 rings (SSSR count). The lowest BCUT2D eigenvalue weighted by molar-refractivity contribution is 0.0675. The van der Waals surface area contributed by atoms with Gasteiger partial charge in [-0.1, -0.05) is 25.0 Å². The van der Waals surface area contributed by atoms with Crippen molar-refractivity contribution in [2.75, 3.05) is 20.2 Å². The van der Waals surface area contributed by atoms with Gasteiger partial charge in [0, 0.05) is 43.3 Å². The van der Waals surface area contributed by atoms with E-state index in [9.17, 15) is 4.79 Å². The molecule has 1 amide bonds. The molecule has 2 fully saturated rings. The Morgan fingerprint density at radius 2 is 1.89 bits per heavy atom. The Morgan fingerprint density at radius 3 is 2.56 bits per heavy atom. The van der Waals surface area contributed by atoms with E-state index in [1.807, 2.05) is 17.0 Å². The third-order valence-corrected chi connectivity index (χ3v) is 6.09. The Bertz CT molecular complexity index is 812. The molecular formula is C22H31N3O2. The Kier molecular flexibility index (Phi) is 5.13. The van der Waals surface area contributed by atoms with E-state index in [0.29, 0.717) is 18.0 Å². The van der Waals surface area contributed by atoms with E-state index in [1.165, 1.54) is 25.7 Å². The number of rotatable bonds is 4. The van der Waals surface area contributed by atoms with Crippen LogP contribution in [0.2, 0.25) is 0 Å². The fraction of sp³-hybridized carbons (Fsp3) is 0.591. The van der Waals surface area contributed by atoms with Crippen molar-refractivity contribution in [3.05, 3.63) is 30.0 Å². The van der Waals surface area contributed by atoms with E-state index in [0.717, 1.165) is 41.9 Å². The fourth-order valence-corrected chi connectivity index (χ4v) is 4.94. The monoisotopic (exact) mass is 369 g/mol. The minimum Gasteiger partial charge on any atom is -0.495 e. The molecule has 5 heteroatoms. The molecule has 1 N–H and O–H groups in total. The van der Waals surface area contributed by atoms with Crippen molar-refractivity contribution in [2.45, 2.75) is 58.2 Å². The van der Waals surface area contributed by atoms with E-state index >= 15 is 0 Å². The van der Waals surface area contributed by atoms with Crippen molar-refractivity contribution in [1.29, 1.82) is 0 Å². The second-order valence-electron chi connectivity index (χ2n) is 8.38. The first-order valence-corrected chi connectivity index (χ1v) is 10.3. The maximum atomic E-state index is 13.4. The number of piperazine rings is 1. The van der Waals surface area contributed by atoms with E-state index in [1.54, 1.807) is 7.11 Å². The largest absolute Gasteiger partial charge is 0.495 e. The molecule has 1 aliphatic heterocycles. The molecule has 2 atom stereocenters. The van der Waals surface area contributed by atoms with E-state index in [2.05, 4.69) is 36.0 Å². The van der Waals surface area contributed by atoms with Crippen LogP contribution >= 0.6 is 0 Å². The van der Waals surface area contributed by atoms with Gasteiger partial charge in [-0.3, -0.25) is 4.79 Å². The Morgan fingerprint density at radius 1 is 1.19 bits per heavy atom. The Labute approximate surface area is 161 Å². The molecule has 5 nitrogen and oxygen atoms in total. The van der Waals surface area contributed by atoms with Crippen LogP contribution in [0.4, 0.5) is 0 Å². The van der Waals surface area contributed by atoms with Gasteiger partial charge in [-0.15, -0.1) is 0 Å². The molecule has 1 saturated heterocycles. The van der Waals surface area contributed by atoms with Crippen LogP contribution in [-0.2, 0) is 6.54 Å². The Hall–Kier alpha value is -2.01. The maximum Gasteiger partial charge on any atom is 0.256 e. The fourth-order valence-electron chi connectivity index (χ4n) is 4.94. The molecule has 2 aliphatic rings. The van der Waals surface area contributed by atoms with Crippen molar-refractivity contribution in [1.82, 2.24) is 14.8 Å². The number of carbonyl (C=O) groups excluding carboxylic acids is 1. The lowest BCUT2D eigenvalue weighted by atomic mass is 10.1. The maximum absolute atomic E-state index is 13.4. The van der Waals surface area contributed by atoms with Gasteiger partial charge in [0.2, 0.25) is 0 Å². The summed E-state index contributed by atoms with van der Waals surface area (Å²) < 4.78 is 7.92. The predicted molar refractivity (Wildman–Crippen MR) is 108 cm³/mol. The summed E-state index contributed by atoms with van der Waals surface area (Å²) in [5, 5.41) is 4.52. The highest BCUT2D eigenvalue weighted by molar-refractivity contribution is 6.08. The number of nitrogens with zero attached hydrogens (tertiary/aromatic N) is 2. The summed E-state index contributed by atoms with van der Waals surface area (Å²) in [6.45, 7) is 6.76. The van der Waals surface area contributed by atoms with Crippen molar-refractivity contribution in [2.24, 2.45) is 5.92 Å². The summed E-state index contributed by atoms with van der Waals surface area (Å²) in [6.07, 6.45) is 7.29. The van der Waals surface area contributed by atoms with Crippen LogP contribution in [0.25, 0.3) is 10.9 Å². The van der Waals surface area contributed by atoms with Gasteiger partial charge in [-0.25, -0.2) is 0 Å². The first-order valence-electron chi connectivity index (χ1n) is 10.3. The van der Waals surface area contributed by atoms with E-state index < -0.39 is 0 Å². The number of carbonyl (C=O) groups is 1. The zero-order valence-electron chi connectivity index (χ0n) is 16.7. The highest BCUT2D eigenvalue weighted by Gasteiger charge is 2.28. The molecule has 1 aliphatic carbocycles. The number of aromatic nitrogens is 1. The van der Waals surface area contributed by atoms with Gasteiger partial charge in [-0.2, -0.15) is 0 Å². The molecule has 27 heavy (non-hydrogen) atoms. The number of hydrogen-bond donors (Lipinski definition) is 1. The third kappa shape index (κ3) is 3.57. The average Bonchev–Trinajstić information content (AvgIpc) is 3.28. The number of fused-ring (bicyclic) bond motifs is 1. The molecule has 1 aromatic carbocycles. The summed E-state index contributed by atoms with van der Waals surface area (Å²) in [5.41, 5.74) is 1.87. The van der Waals surface area contributed by atoms with Crippen LogP contribution in [0.15, 0.2) is 24.4 Å². The van der Waals surface area contributed by atoms with Crippen molar-refractivity contribution >= 4 is 16.8 Å². The van der Waals surface area contributed by atoms with Crippen LogP contribution in [0.1, 0.15) is 49.9 Å². The first kappa shape index (κ1) is 18.4. The van der Waals surface area contributed by atoms with Gasteiger partial charge in [0.05, 0.1) is 18.2 Å². The summed E-state index contributed by atoms with van der Waals surface area (Å²) in [5.74, 6) is 1.69. The average molecular weight is 370 g/mol. The molecule has 0 spiro atoms. The highest BCUT2D eigenvalue weighted by atomic mass is 16.5. The molecular weight excluding hydrogens is 338 g/mol. The zero-order chi connectivity index (χ0) is 19.0. The van der Waals surface area contributed by atoms with Crippen LogP contribution < -0.4 is 10.1 Å². The first-order chi connectivity index (χ1) is 13.1. The summed E-state index contributed by atoms with van der Waals surface area (Å²) in [6, 6.07) is 6.68.